The number of benzene rings is 1. The molecule has 1 aromatic carbocycles. The third-order valence-electron chi connectivity index (χ3n) is 7.10. The first-order chi connectivity index (χ1) is 20.3. The molecular weight excluding hydrogens is 588 g/mol. The molecule has 1 rings (SSSR count). The van der Waals surface area contributed by atoms with Crippen LogP contribution in [-0.4, -0.2) is 49.3 Å². The molecule has 4 nitrogen and oxygen atoms in total. The lowest BCUT2D eigenvalue weighted by Gasteiger charge is -2.31. The normalized spacial score (nSPS) is 12.5. The van der Waals surface area contributed by atoms with Crippen molar-refractivity contribution in [2.24, 2.45) is 0 Å². The SMILES string of the molecule is CCCCCCCCCCCCCCCCCCOC(=O)c1cccc(C(=O)OCC(F)(F)C(F)(F)C(F)(F)C(F)F)c1. The van der Waals surface area contributed by atoms with Crippen LogP contribution >= 0.6 is 0 Å². The van der Waals surface area contributed by atoms with Crippen LogP contribution in [0, 0.1) is 0 Å². The van der Waals surface area contributed by atoms with Gasteiger partial charge in [-0.05, 0) is 24.6 Å². The summed E-state index contributed by atoms with van der Waals surface area (Å²) in [4.78, 5) is 24.3. The van der Waals surface area contributed by atoms with Crippen LogP contribution in [-0.2, 0) is 9.47 Å². The topological polar surface area (TPSA) is 52.6 Å². The largest absolute Gasteiger partial charge is 0.462 e. The van der Waals surface area contributed by atoms with Crippen molar-refractivity contribution < 1.29 is 54.2 Å². The molecule has 0 saturated heterocycles. The second kappa shape index (κ2) is 19.8. The third-order valence-corrected chi connectivity index (χ3v) is 7.10. The molecule has 0 spiro atoms. The molecule has 0 atom stereocenters. The number of carbonyl (C=O) groups is 2. The van der Waals surface area contributed by atoms with E-state index >= 15 is 0 Å². The molecule has 0 unspecified atom stereocenters. The summed E-state index contributed by atoms with van der Waals surface area (Å²) in [5.74, 6) is -21.1. The fourth-order valence-electron chi connectivity index (χ4n) is 4.38. The minimum atomic E-state index is -6.49. The summed E-state index contributed by atoms with van der Waals surface area (Å²) in [6, 6.07) is 4.30. The number of ether oxygens (including phenoxy) is 2. The molecule has 0 aliphatic carbocycles. The van der Waals surface area contributed by atoms with Crippen LogP contribution in [0.4, 0.5) is 35.1 Å². The van der Waals surface area contributed by atoms with E-state index in [9.17, 15) is 44.7 Å². The number of alkyl halides is 8. The average Bonchev–Trinajstić information content (AvgIpc) is 2.97. The van der Waals surface area contributed by atoms with E-state index in [1.54, 1.807) is 0 Å². The van der Waals surface area contributed by atoms with E-state index in [4.69, 9.17) is 4.74 Å². The van der Waals surface area contributed by atoms with Crippen molar-refractivity contribution in [3.05, 3.63) is 35.4 Å². The van der Waals surface area contributed by atoms with Gasteiger partial charge < -0.3 is 9.47 Å². The first-order valence-corrected chi connectivity index (χ1v) is 15.1. The predicted octanol–water partition coefficient (Wildman–Crippen LogP) is 10.4. The van der Waals surface area contributed by atoms with Crippen molar-refractivity contribution in [2.75, 3.05) is 13.2 Å². The highest BCUT2D eigenvalue weighted by Crippen LogP contribution is 2.48. The highest BCUT2D eigenvalue weighted by atomic mass is 19.4. The Kier molecular flexibility index (Phi) is 17.8. The van der Waals surface area contributed by atoms with E-state index in [2.05, 4.69) is 11.7 Å². The zero-order chi connectivity index (χ0) is 32.4. The molecule has 0 N–H and O–H groups in total. The fourth-order valence-corrected chi connectivity index (χ4v) is 4.38. The standard InChI is InChI=1S/C31H44F8O4/c1-2-3-4-5-6-7-8-9-10-11-12-13-14-15-16-17-21-42-26(40)24-19-18-20-25(22-24)27(41)43-23-29(34,35)31(38,39)30(36,37)28(32)33/h18-20,22,28H,2-17,21,23H2,1H3. The van der Waals surface area contributed by atoms with Gasteiger partial charge in [0, 0.05) is 0 Å². The van der Waals surface area contributed by atoms with Gasteiger partial charge in [0.2, 0.25) is 0 Å². The summed E-state index contributed by atoms with van der Waals surface area (Å²) in [5.41, 5.74) is -0.691. The van der Waals surface area contributed by atoms with Crippen molar-refractivity contribution in [1.29, 1.82) is 0 Å². The maximum absolute atomic E-state index is 13.6. The second-order valence-corrected chi connectivity index (χ2v) is 10.8. The number of halogens is 8. The smallest absolute Gasteiger partial charge is 0.381 e. The van der Waals surface area contributed by atoms with Crippen LogP contribution in [0.15, 0.2) is 24.3 Å². The summed E-state index contributed by atoms with van der Waals surface area (Å²) >= 11 is 0. The minimum absolute atomic E-state index is 0.103. The Bertz CT molecular complexity index is 940. The molecule has 0 bridgehead atoms. The molecule has 248 valence electrons. The summed E-state index contributed by atoms with van der Waals surface area (Å²) in [6.45, 7) is -0.264. The number of hydrogen-bond acceptors (Lipinski definition) is 4. The minimum Gasteiger partial charge on any atom is -0.462 e. The van der Waals surface area contributed by atoms with Crippen molar-refractivity contribution in [3.63, 3.8) is 0 Å². The summed E-state index contributed by atoms with van der Waals surface area (Å²) in [5, 5.41) is 0. The Morgan fingerprint density at radius 3 is 1.47 bits per heavy atom. The first-order valence-electron chi connectivity index (χ1n) is 15.1. The highest BCUT2D eigenvalue weighted by molar-refractivity contribution is 5.95. The molecule has 0 saturated carbocycles. The molecule has 0 aliphatic heterocycles. The number of hydrogen-bond donors (Lipinski definition) is 0. The van der Waals surface area contributed by atoms with Crippen molar-refractivity contribution >= 4 is 11.9 Å². The molecule has 0 aliphatic rings. The van der Waals surface area contributed by atoms with E-state index in [0.29, 0.717) is 6.42 Å². The quantitative estimate of drug-likeness (QED) is 0.0647. The Labute approximate surface area is 248 Å². The summed E-state index contributed by atoms with van der Waals surface area (Å²) < 4.78 is 113. The van der Waals surface area contributed by atoms with Gasteiger partial charge in [-0.25, -0.2) is 18.4 Å². The van der Waals surface area contributed by atoms with Gasteiger partial charge in [0.25, 0.3) is 0 Å². The number of unbranched alkanes of at least 4 members (excludes halogenated alkanes) is 15. The molecular formula is C31H44F8O4. The Morgan fingerprint density at radius 2 is 1.05 bits per heavy atom. The number of rotatable bonds is 24. The molecule has 0 fully saturated rings. The number of esters is 2. The zero-order valence-electron chi connectivity index (χ0n) is 24.8. The lowest BCUT2D eigenvalue weighted by atomic mass is 10.0. The summed E-state index contributed by atoms with van der Waals surface area (Å²) in [6.07, 6.45) is 13.9. The van der Waals surface area contributed by atoms with Gasteiger partial charge in [-0.1, -0.05) is 109 Å². The van der Waals surface area contributed by atoms with Gasteiger partial charge in [-0.3, -0.25) is 0 Å². The van der Waals surface area contributed by atoms with E-state index in [1.165, 1.54) is 82.8 Å². The monoisotopic (exact) mass is 632 g/mol. The van der Waals surface area contributed by atoms with E-state index in [-0.39, 0.29) is 12.2 Å². The lowest BCUT2D eigenvalue weighted by Crippen LogP contribution is -2.59. The maximum atomic E-state index is 13.6. The first kappa shape index (κ1) is 38.6. The van der Waals surface area contributed by atoms with E-state index in [0.717, 1.165) is 37.8 Å². The predicted molar refractivity (Wildman–Crippen MR) is 147 cm³/mol. The van der Waals surface area contributed by atoms with Crippen LogP contribution < -0.4 is 0 Å². The van der Waals surface area contributed by atoms with Gasteiger partial charge in [0.05, 0.1) is 17.7 Å². The number of carbonyl (C=O) groups excluding carboxylic acids is 2. The maximum Gasteiger partial charge on any atom is 0.381 e. The van der Waals surface area contributed by atoms with Crippen LogP contribution in [0.1, 0.15) is 130 Å². The molecule has 12 heteroatoms. The van der Waals surface area contributed by atoms with Crippen LogP contribution in [0.3, 0.4) is 0 Å². The fraction of sp³-hybridized carbons (Fsp3) is 0.742. The van der Waals surface area contributed by atoms with Gasteiger partial charge in [-0.2, -0.15) is 26.3 Å². The molecule has 0 radical (unpaired) electrons. The third kappa shape index (κ3) is 13.4. The van der Waals surface area contributed by atoms with Gasteiger partial charge in [0.15, 0.2) is 6.61 Å². The molecule has 0 heterocycles. The van der Waals surface area contributed by atoms with Gasteiger partial charge >= 0.3 is 36.1 Å². The van der Waals surface area contributed by atoms with Crippen LogP contribution in [0.2, 0.25) is 0 Å². The van der Waals surface area contributed by atoms with Crippen molar-refractivity contribution in [1.82, 2.24) is 0 Å². The Hall–Kier alpha value is -2.40. The highest BCUT2D eigenvalue weighted by Gasteiger charge is 2.75. The average molecular weight is 633 g/mol. The second-order valence-electron chi connectivity index (χ2n) is 10.8. The zero-order valence-corrected chi connectivity index (χ0v) is 24.8. The van der Waals surface area contributed by atoms with Crippen LogP contribution in [0.25, 0.3) is 0 Å². The molecule has 43 heavy (non-hydrogen) atoms. The van der Waals surface area contributed by atoms with Crippen LogP contribution in [0.5, 0.6) is 0 Å². The Morgan fingerprint density at radius 1 is 0.651 bits per heavy atom. The van der Waals surface area contributed by atoms with Gasteiger partial charge in [0.1, 0.15) is 0 Å². The van der Waals surface area contributed by atoms with Crippen molar-refractivity contribution in [2.45, 2.75) is 134 Å². The molecule has 1 aromatic rings. The summed E-state index contributed by atoms with van der Waals surface area (Å²) in [7, 11) is 0. The van der Waals surface area contributed by atoms with E-state index < -0.39 is 48.3 Å². The molecule has 0 aromatic heterocycles. The van der Waals surface area contributed by atoms with E-state index in [1.807, 2.05) is 0 Å². The lowest BCUT2D eigenvalue weighted by molar-refractivity contribution is -0.343. The Balaban J connectivity index is 2.27. The van der Waals surface area contributed by atoms with Crippen molar-refractivity contribution in [3.8, 4) is 0 Å². The van der Waals surface area contributed by atoms with Gasteiger partial charge in [-0.15, -0.1) is 0 Å². The molecule has 0 amide bonds.